The lowest BCUT2D eigenvalue weighted by Crippen LogP contribution is -2.40. The minimum absolute atomic E-state index is 0.106. The van der Waals surface area contributed by atoms with Crippen molar-refractivity contribution in [3.05, 3.63) is 17.5 Å². The highest BCUT2D eigenvalue weighted by atomic mass is 16.5. The predicted octanol–water partition coefficient (Wildman–Crippen LogP) is 1.62. The second-order valence-electron chi connectivity index (χ2n) is 5.80. The molecule has 3 rings (SSSR count). The molecule has 1 aliphatic carbocycles. The standard InChI is InChI=1S/C14H21N3O2/c1-3-17-7-9(2)12(8-17)15-14(18)11-6-13(19-16-11)10-4-5-10/h6,9-10,12H,3-5,7-8H2,1-2H3,(H,15,18)/t9-,12+/m1/s1. The molecular formula is C14H21N3O2. The van der Waals surface area contributed by atoms with Crippen molar-refractivity contribution in [3.63, 3.8) is 0 Å². The number of carbonyl (C=O) groups excluding carboxylic acids is 1. The maximum atomic E-state index is 12.1. The van der Waals surface area contributed by atoms with Gasteiger partial charge in [-0.25, -0.2) is 0 Å². The molecule has 0 radical (unpaired) electrons. The van der Waals surface area contributed by atoms with Gasteiger partial charge in [0, 0.05) is 31.1 Å². The van der Waals surface area contributed by atoms with Crippen LogP contribution in [0.1, 0.15) is 48.9 Å². The molecule has 1 amide bonds. The first-order valence-corrected chi connectivity index (χ1v) is 7.17. The van der Waals surface area contributed by atoms with Crippen LogP contribution in [0.25, 0.3) is 0 Å². The van der Waals surface area contributed by atoms with Gasteiger partial charge in [0.05, 0.1) is 0 Å². The number of amides is 1. The van der Waals surface area contributed by atoms with Crippen LogP contribution in [0.2, 0.25) is 0 Å². The molecule has 2 heterocycles. The van der Waals surface area contributed by atoms with Gasteiger partial charge in [0.25, 0.3) is 5.91 Å². The molecule has 0 unspecified atom stereocenters. The van der Waals surface area contributed by atoms with E-state index >= 15 is 0 Å². The van der Waals surface area contributed by atoms with E-state index < -0.39 is 0 Å². The molecule has 1 aliphatic heterocycles. The summed E-state index contributed by atoms with van der Waals surface area (Å²) in [6.45, 7) is 7.34. The molecule has 1 aromatic rings. The highest BCUT2D eigenvalue weighted by molar-refractivity contribution is 5.92. The molecule has 104 valence electrons. The van der Waals surface area contributed by atoms with Gasteiger partial charge < -0.3 is 14.7 Å². The second kappa shape index (κ2) is 4.96. The van der Waals surface area contributed by atoms with Crippen LogP contribution in [0.4, 0.5) is 0 Å². The fraction of sp³-hybridized carbons (Fsp3) is 0.714. The van der Waals surface area contributed by atoms with Crippen LogP contribution in [0.5, 0.6) is 0 Å². The molecule has 1 N–H and O–H groups in total. The third kappa shape index (κ3) is 2.66. The molecule has 1 saturated carbocycles. The molecule has 0 spiro atoms. The average molecular weight is 263 g/mol. The van der Waals surface area contributed by atoms with Gasteiger partial charge in [0.2, 0.25) is 0 Å². The van der Waals surface area contributed by atoms with Crippen molar-refractivity contribution in [1.82, 2.24) is 15.4 Å². The Hall–Kier alpha value is -1.36. The number of rotatable bonds is 4. The van der Waals surface area contributed by atoms with Crippen LogP contribution in [0, 0.1) is 5.92 Å². The zero-order valence-corrected chi connectivity index (χ0v) is 11.6. The van der Waals surface area contributed by atoms with Gasteiger partial charge >= 0.3 is 0 Å². The highest BCUT2D eigenvalue weighted by Gasteiger charge is 2.32. The second-order valence-corrected chi connectivity index (χ2v) is 5.80. The highest BCUT2D eigenvalue weighted by Crippen LogP contribution is 2.40. The van der Waals surface area contributed by atoms with E-state index in [2.05, 4.69) is 29.2 Å². The SMILES string of the molecule is CCN1C[C@@H](C)[C@@H](NC(=O)c2cc(C3CC3)on2)C1. The van der Waals surface area contributed by atoms with Crippen LogP contribution < -0.4 is 5.32 Å². The lowest BCUT2D eigenvalue weighted by atomic mass is 10.1. The van der Waals surface area contributed by atoms with Crippen LogP contribution >= 0.6 is 0 Å². The number of hydrogen-bond donors (Lipinski definition) is 1. The lowest BCUT2D eigenvalue weighted by molar-refractivity contribution is 0.0922. The number of nitrogens with one attached hydrogen (secondary N) is 1. The molecule has 5 nitrogen and oxygen atoms in total. The number of carbonyl (C=O) groups is 1. The quantitative estimate of drug-likeness (QED) is 0.897. The van der Waals surface area contributed by atoms with E-state index in [9.17, 15) is 4.79 Å². The van der Waals surface area contributed by atoms with Gasteiger partial charge in [-0.05, 0) is 25.3 Å². The third-order valence-electron chi connectivity index (χ3n) is 4.19. The van der Waals surface area contributed by atoms with E-state index in [1.54, 1.807) is 6.07 Å². The molecule has 0 aromatic carbocycles. The van der Waals surface area contributed by atoms with Crippen LogP contribution in [0.15, 0.2) is 10.6 Å². The zero-order valence-electron chi connectivity index (χ0n) is 11.6. The van der Waals surface area contributed by atoms with E-state index in [4.69, 9.17) is 4.52 Å². The first-order chi connectivity index (χ1) is 9.17. The third-order valence-corrected chi connectivity index (χ3v) is 4.19. The summed E-state index contributed by atoms with van der Waals surface area (Å²) in [5.74, 6) is 1.74. The Bertz CT molecular complexity index is 467. The summed E-state index contributed by atoms with van der Waals surface area (Å²) in [7, 11) is 0. The Kier molecular flexibility index (Phi) is 3.31. The average Bonchev–Trinajstić information content (AvgIpc) is 3.02. The Morgan fingerprint density at radius 1 is 1.53 bits per heavy atom. The summed E-state index contributed by atoms with van der Waals surface area (Å²) in [5, 5.41) is 6.96. The number of aromatic nitrogens is 1. The monoisotopic (exact) mass is 263 g/mol. The molecule has 1 saturated heterocycles. The Morgan fingerprint density at radius 3 is 2.95 bits per heavy atom. The summed E-state index contributed by atoms with van der Waals surface area (Å²) in [4.78, 5) is 14.5. The van der Waals surface area contributed by atoms with Crippen LogP contribution in [0.3, 0.4) is 0 Å². The fourth-order valence-corrected chi connectivity index (χ4v) is 2.71. The molecule has 2 aliphatic rings. The molecule has 1 aromatic heterocycles. The first-order valence-electron chi connectivity index (χ1n) is 7.17. The van der Waals surface area contributed by atoms with Crippen molar-refractivity contribution < 1.29 is 9.32 Å². The van der Waals surface area contributed by atoms with Crippen molar-refractivity contribution >= 4 is 5.91 Å². The smallest absolute Gasteiger partial charge is 0.273 e. The van der Waals surface area contributed by atoms with E-state index in [0.717, 1.165) is 38.2 Å². The van der Waals surface area contributed by atoms with Crippen molar-refractivity contribution in [2.45, 2.75) is 38.6 Å². The van der Waals surface area contributed by atoms with Crippen molar-refractivity contribution in [3.8, 4) is 0 Å². The summed E-state index contributed by atoms with van der Waals surface area (Å²) in [6, 6.07) is 2.01. The van der Waals surface area contributed by atoms with Gasteiger partial charge in [0.15, 0.2) is 5.69 Å². The largest absolute Gasteiger partial charge is 0.360 e. The lowest BCUT2D eigenvalue weighted by Gasteiger charge is -2.15. The van der Waals surface area contributed by atoms with Crippen LogP contribution in [-0.2, 0) is 0 Å². The summed E-state index contributed by atoms with van der Waals surface area (Å²) in [5.41, 5.74) is 0.420. The van der Waals surface area contributed by atoms with E-state index in [1.807, 2.05) is 0 Å². The predicted molar refractivity (Wildman–Crippen MR) is 71.0 cm³/mol. The molecule has 19 heavy (non-hydrogen) atoms. The van der Waals surface area contributed by atoms with Gasteiger partial charge in [-0.3, -0.25) is 4.79 Å². The number of likely N-dealkylation sites (N-methyl/N-ethyl adjacent to an activating group) is 1. The molecule has 2 atom stereocenters. The van der Waals surface area contributed by atoms with Gasteiger partial charge in [-0.2, -0.15) is 0 Å². The van der Waals surface area contributed by atoms with Crippen molar-refractivity contribution in [2.24, 2.45) is 5.92 Å². The number of hydrogen-bond acceptors (Lipinski definition) is 4. The maximum Gasteiger partial charge on any atom is 0.273 e. The van der Waals surface area contributed by atoms with E-state index in [-0.39, 0.29) is 11.9 Å². The summed E-state index contributed by atoms with van der Waals surface area (Å²) >= 11 is 0. The maximum absolute atomic E-state index is 12.1. The number of nitrogens with zero attached hydrogens (tertiary/aromatic N) is 2. The van der Waals surface area contributed by atoms with E-state index in [0.29, 0.717) is 17.5 Å². The Morgan fingerprint density at radius 2 is 2.32 bits per heavy atom. The minimum atomic E-state index is -0.106. The van der Waals surface area contributed by atoms with Gasteiger partial charge in [-0.1, -0.05) is 19.0 Å². The Labute approximate surface area is 113 Å². The van der Waals surface area contributed by atoms with Gasteiger partial charge in [-0.15, -0.1) is 0 Å². The molecular weight excluding hydrogens is 242 g/mol. The first kappa shape index (κ1) is 12.7. The fourth-order valence-electron chi connectivity index (χ4n) is 2.71. The zero-order chi connectivity index (χ0) is 13.4. The normalized spacial score (nSPS) is 27.7. The van der Waals surface area contributed by atoms with Crippen molar-refractivity contribution in [2.75, 3.05) is 19.6 Å². The van der Waals surface area contributed by atoms with E-state index in [1.165, 1.54) is 0 Å². The molecule has 0 bridgehead atoms. The topological polar surface area (TPSA) is 58.4 Å². The summed E-state index contributed by atoms with van der Waals surface area (Å²) in [6.07, 6.45) is 2.31. The van der Waals surface area contributed by atoms with Crippen LogP contribution in [-0.4, -0.2) is 41.6 Å². The summed E-state index contributed by atoms with van der Waals surface area (Å²) < 4.78 is 5.22. The number of likely N-dealkylation sites (tertiary alicyclic amines) is 1. The van der Waals surface area contributed by atoms with Crippen molar-refractivity contribution in [1.29, 1.82) is 0 Å². The molecule has 2 fully saturated rings. The van der Waals surface area contributed by atoms with Gasteiger partial charge in [0.1, 0.15) is 5.76 Å². The molecule has 5 heteroatoms. The minimum Gasteiger partial charge on any atom is -0.360 e. The Balaban J connectivity index is 1.60.